The number of likely N-dealkylation sites (N-methyl/N-ethyl adjacent to an activating group) is 1. The fourth-order valence-electron chi connectivity index (χ4n) is 7.17. The molecule has 0 saturated heterocycles. The maximum Gasteiger partial charge on any atom is 0.235 e. The second-order valence-electron chi connectivity index (χ2n) is 13.3. The number of hydrogen-bond donors (Lipinski definition) is 3. The fraction of sp³-hybridized carbons (Fsp3) is 0.633. The summed E-state index contributed by atoms with van der Waals surface area (Å²) < 4.78 is 21.3. The van der Waals surface area contributed by atoms with Gasteiger partial charge in [0.1, 0.15) is 11.6 Å². The van der Waals surface area contributed by atoms with Crippen molar-refractivity contribution in [3.8, 4) is 5.75 Å². The first kappa shape index (κ1) is 31.9. The number of primary amides is 1. The Morgan fingerprint density at radius 1 is 1.19 bits per heavy atom. The highest BCUT2D eigenvalue weighted by atomic mass is 19.1. The van der Waals surface area contributed by atoms with Gasteiger partial charge in [0.05, 0.1) is 24.1 Å². The van der Waals surface area contributed by atoms with Crippen molar-refractivity contribution in [1.82, 2.24) is 9.80 Å². The summed E-state index contributed by atoms with van der Waals surface area (Å²) in [6, 6.07) is -0.0436. The van der Waals surface area contributed by atoms with Crippen LogP contribution in [0.5, 0.6) is 5.75 Å². The Bertz CT molecular complexity index is 1340. The minimum absolute atomic E-state index is 0.0400. The molecule has 42 heavy (non-hydrogen) atoms. The molecule has 0 bridgehead atoms. The second kappa shape index (κ2) is 11.2. The van der Waals surface area contributed by atoms with E-state index in [-0.39, 0.29) is 41.5 Å². The lowest BCUT2D eigenvalue weighted by molar-refractivity contribution is -0.181. The number of carbonyl (C=O) groups excluding carboxylic acids is 5. The summed E-state index contributed by atoms with van der Waals surface area (Å²) in [5, 5.41) is 22.6. The number of aliphatic hydroxyl groups is 1. The first-order chi connectivity index (χ1) is 19.4. The molecule has 1 amide bonds. The number of ether oxygens (including phenoxy) is 1. The van der Waals surface area contributed by atoms with Crippen molar-refractivity contribution >= 4 is 29.0 Å². The third kappa shape index (κ3) is 5.18. The van der Waals surface area contributed by atoms with Gasteiger partial charge in [0.25, 0.3) is 0 Å². The molecule has 230 valence electrons. The molecular formula is C30H40FN3O8. The number of Topliss-reactive ketones (excluding diaryl/α,β-unsaturated/α-hetero) is 4. The molecule has 12 heteroatoms. The van der Waals surface area contributed by atoms with E-state index >= 15 is 4.39 Å². The molecule has 4 rings (SSSR count). The molecule has 2 unspecified atom stereocenters. The van der Waals surface area contributed by atoms with Crippen molar-refractivity contribution in [3.05, 3.63) is 28.6 Å². The summed E-state index contributed by atoms with van der Waals surface area (Å²) in [5.74, 6) is -12.4. The summed E-state index contributed by atoms with van der Waals surface area (Å²) in [5.41, 5.74) is 2.17. The zero-order chi connectivity index (χ0) is 31.5. The van der Waals surface area contributed by atoms with Crippen LogP contribution in [0, 0.1) is 34.9 Å². The summed E-state index contributed by atoms with van der Waals surface area (Å²) in [7, 11) is 4.58. The van der Waals surface area contributed by atoms with Crippen LogP contribution in [0.1, 0.15) is 48.7 Å². The quantitative estimate of drug-likeness (QED) is 0.363. The molecule has 2 fully saturated rings. The monoisotopic (exact) mass is 589 g/mol. The molecule has 1 aromatic rings. The van der Waals surface area contributed by atoms with Crippen LogP contribution >= 0.6 is 0 Å². The van der Waals surface area contributed by atoms with Crippen LogP contribution in [0.2, 0.25) is 0 Å². The summed E-state index contributed by atoms with van der Waals surface area (Å²) in [4.78, 5) is 69.6. The number of amides is 1. The summed E-state index contributed by atoms with van der Waals surface area (Å²) in [6.07, 6.45) is -0.269. The number of halogens is 1. The van der Waals surface area contributed by atoms with Crippen molar-refractivity contribution in [2.75, 3.05) is 40.9 Å². The van der Waals surface area contributed by atoms with Crippen LogP contribution in [0.15, 0.2) is 6.07 Å². The Hall–Kier alpha value is -3.06. The van der Waals surface area contributed by atoms with Crippen LogP contribution in [0.25, 0.3) is 0 Å². The smallest absolute Gasteiger partial charge is 0.235 e. The fourth-order valence-corrected chi connectivity index (χ4v) is 7.17. The predicted molar refractivity (Wildman–Crippen MR) is 148 cm³/mol. The van der Waals surface area contributed by atoms with Gasteiger partial charge >= 0.3 is 0 Å². The molecule has 0 heterocycles. The van der Waals surface area contributed by atoms with E-state index in [4.69, 9.17) is 10.5 Å². The van der Waals surface area contributed by atoms with E-state index in [1.807, 2.05) is 25.7 Å². The average molecular weight is 590 g/mol. The third-order valence-corrected chi connectivity index (χ3v) is 8.77. The maximum absolute atomic E-state index is 16.1. The lowest BCUT2D eigenvalue weighted by Gasteiger charge is -2.52. The Morgan fingerprint density at radius 2 is 1.83 bits per heavy atom. The van der Waals surface area contributed by atoms with Crippen LogP contribution < -0.4 is 5.73 Å². The molecule has 0 aromatic heterocycles. The zero-order valence-electron chi connectivity index (χ0n) is 24.9. The first-order valence-corrected chi connectivity index (χ1v) is 14.0. The molecule has 0 radical (unpaired) electrons. The number of ketones is 4. The van der Waals surface area contributed by atoms with E-state index in [1.165, 1.54) is 25.1 Å². The van der Waals surface area contributed by atoms with Gasteiger partial charge in [0, 0.05) is 43.8 Å². The molecule has 6 atom stereocenters. The Balaban J connectivity index is 1.77. The van der Waals surface area contributed by atoms with Crippen molar-refractivity contribution in [2.24, 2.45) is 34.8 Å². The molecule has 2 saturated carbocycles. The second-order valence-corrected chi connectivity index (χ2v) is 13.3. The molecule has 3 aliphatic carbocycles. The van der Waals surface area contributed by atoms with Crippen molar-refractivity contribution in [2.45, 2.75) is 51.8 Å². The number of nitrogens with two attached hydrogens (primary N) is 1. The number of phenolic OH excluding ortho intramolecular Hbond substituents is 1. The highest BCUT2D eigenvalue weighted by Gasteiger charge is 2.69. The van der Waals surface area contributed by atoms with Crippen LogP contribution in [-0.2, 0) is 36.9 Å². The number of aromatic hydroxyl groups is 1. The van der Waals surface area contributed by atoms with Gasteiger partial charge in [-0.1, -0.05) is 20.8 Å². The minimum Gasteiger partial charge on any atom is -0.507 e. The Kier molecular flexibility index (Phi) is 8.51. The van der Waals surface area contributed by atoms with Crippen LogP contribution in [-0.4, -0.2) is 102 Å². The molecule has 1 aromatic carbocycles. The van der Waals surface area contributed by atoms with Gasteiger partial charge in [0.2, 0.25) is 5.91 Å². The van der Waals surface area contributed by atoms with E-state index in [9.17, 15) is 34.2 Å². The number of nitrogens with zero attached hydrogens (tertiary/aromatic N) is 2. The zero-order valence-corrected chi connectivity index (χ0v) is 24.9. The SMILES string of the molecule is COCCN(Cc1cc(O)c2c(c1F)C[C@H]1C[C@H]3[C@H](N(C)C)C(=O)C(C(N)=O)C(=O)[C@@]3(O)C(=O)C1C2=O)CC(C)(C)C. The number of methoxy groups -OCH3 is 1. The minimum atomic E-state index is -2.82. The lowest BCUT2D eigenvalue weighted by atomic mass is 9.52. The van der Waals surface area contributed by atoms with Gasteiger partial charge in [-0.15, -0.1) is 0 Å². The van der Waals surface area contributed by atoms with Gasteiger partial charge < -0.3 is 20.7 Å². The van der Waals surface area contributed by atoms with E-state index in [2.05, 4.69) is 0 Å². The van der Waals surface area contributed by atoms with E-state index in [1.54, 1.807) is 7.11 Å². The van der Waals surface area contributed by atoms with Gasteiger partial charge in [-0.2, -0.15) is 0 Å². The highest BCUT2D eigenvalue weighted by molar-refractivity contribution is 6.32. The molecule has 0 spiro atoms. The van der Waals surface area contributed by atoms with Crippen LogP contribution in [0.3, 0.4) is 0 Å². The van der Waals surface area contributed by atoms with Gasteiger partial charge in [-0.3, -0.25) is 33.8 Å². The molecular weight excluding hydrogens is 549 g/mol. The molecule has 4 N–H and O–H groups in total. The standard InChI is InChI=1S/C30H40FN3O8/c1-29(2,3)13-34(7-8-42-6)12-15-11-18(35)20-16(22(15)31)9-14-10-17-23(33(4)5)25(37)21(28(32)40)27(39)30(17,41)26(38)19(14)24(20)36/h11,14,17,19,21,23,35,41H,7-10,12-13H2,1-6H3,(H2,32,40)/t14-,17-,19?,21?,23-,30-/m0/s1. The molecule has 3 aliphatic rings. The molecule has 11 nitrogen and oxygen atoms in total. The highest BCUT2D eigenvalue weighted by Crippen LogP contribution is 2.51. The normalized spacial score (nSPS) is 29.5. The number of hydrogen-bond acceptors (Lipinski definition) is 10. The number of rotatable bonds is 8. The van der Waals surface area contributed by atoms with Crippen molar-refractivity contribution in [3.63, 3.8) is 0 Å². The Morgan fingerprint density at radius 3 is 2.38 bits per heavy atom. The maximum atomic E-state index is 16.1. The van der Waals surface area contributed by atoms with Crippen LogP contribution in [0.4, 0.5) is 4.39 Å². The van der Waals surface area contributed by atoms with Gasteiger partial charge in [-0.25, -0.2) is 4.39 Å². The van der Waals surface area contributed by atoms with E-state index < -0.39 is 75.9 Å². The number of phenols is 1. The summed E-state index contributed by atoms with van der Waals surface area (Å²) in [6.45, 7) is 7.78. The first-order valence-electron chi connectivity index (χ1n) is 14.0. The third-order valence-electron chi connectivity index (χ3n) is 8.77. The molecule has 0 aliphatic heterocycles. The number of carbonyl (C=O) groups is 5. The lowest BCUT2D eigenvalue weighted by Crippen LogP contribution is -2.74. The van der Waals surface area contributed by atoms with Gasteiger partial charge in [0.15, 0.2) is 34.7 Å². The predicted octanol–water partition coefficient (Wildman–Crippen LogP) is 0.501. The topological polar surface area (TPSA) is 168 Å². The van der Waals surface area contributed by atoms with Gasteiger partial charge in [-0.05, 0) is 44.3 Å². The summed E-state index contributed by atoms with van der Waals surface area (Å²) >= 11 is 0. The largest absolute Gasteiger partial charge is 0.507 e. The van der Waals surface area contributed by atoms with Crippen molar-refractivity contribution < 1.29 is 43.3 Å². The number of benzene rings is 1. The average Bonchev–Trinajstić information content (AvgIpc) is 2.86. The van der Waals surface area contributed by atoms with Crippen molar-refractivity contribution in [1.29, 1.82) is 0 Å². The van der Waals surface area contributed by atoms with E-state index in [0.717, 1.165) is 0 Å². The Labute approximate surface area is 244 Å². The number of fused-ring (bicyclic) bond motifs is 3. The van der Waals surface area contributed by atoms with E-state index in [0.29, 0.717) is 19.7 Å².